The molecular formula is C23H23BrN6O. The molecule has 0 spiro atoms. The van der Waals surface area contributed by atoms with E-state index in [1.54, 1.807) is 18.3 Å². The Labute approximate surface area is 189 Å². The largest absolute Gasteiger partial charge is 0.379 e. The summed E-state index contributed by atoms with van der Waals surface area (Å²) in [5.41, 5.74) is 9.21. The number of rotatable bonds is 5. The number of nitrogens with one attached hydrogen (secondary N) is 2. The van der Waals surface area contributed by atoms with Crippen molar-refractivity contribution in [3.8, 4) is 6.07 Å². The Balaban J connectivity index is 1.61. The summed E-state index contributed by atoms with van der Waals surface area (Å²) in [5.74, 6) is -0.285. The van der Waals surface area contributed by atoms with Crippen LogP contribution in [0, 0.1) is 11.3 Å². The maximum Gasteiger partial charge on any atom is 0.272 e. The van der Waals surface area contributed by atoms with Crippen LogP contribution in [0.2, 0.25) is 0 Å². The van der Waals surface area contributed by atoms with Crippen LogP contribution in [-0.4, -0.2) is 28.0 Å². The summed E-state index contributed by atoms with van der Waals surface area (Å²) in [4.78, 5) is 22.2. The van der Waals surface area contributed by atoms with Crippen LogP contribution in [-0.2, 0) is 6.54 Å². The van der Waals surface area contributed by atoms with Gasteiger partial charge in [-0.2, -0.15) is 5.26 Å². The zero-order chi connectivity index (χ0) is 21.8. The third-order valence-corrected chi connectivity index (χ3v) is 6.19. The van der Waals surface area contributed by atoms with Crippen molar-refractivity contribution in [2.24, 2.45) is 5.73 Å². The lowest BCUT2D eigenvalue weighted by atomic mass is 9.91. The van der Waals surface area contributed by atoms with Crippen molar-refractivity contribution in [2.75, 3.05) is 5.32 Å². The molecule has 8 heteroatoms. The lowest BCUT2D eigenvalue weighted by molar-refractivity contribution is 0.0946. The van der Waals surface area contributed by atoms with Crippen LogP contribution in [0.5, 0.6) is 0 Å². The number of aromatic nitrogens is 2. The Morgan fingerprint density at radius 3 is 2.65 bits per heavy atom. The molecule has 4 rings (SSSR count). The SMILES string of the molecule is N#Cc1ccc(CNC(=O)c2nc(Br)c3cccnc3c2NC2CCC(N)CC2)cc1. The van der Waals surface area contributed by atoms with Crippen LogP contribution in [0.1, 0.15) is 47.3 Å². The highest BCUT2D eigenvalue weighted by Crippen LogP contribution is 2.32. The van der Waals surface area contributed by atoms with Gasteiger partial charge in [-0.1, -0.05) is 12.1 Å². The molecule has 4 N–H and O–H groups in total. The predicted molar refractivity (Wildman–Crippen MR) is 123 cm³/mol. The van der Waals surface area contributed by atoms with Gasteiger partial charge in [0.15, 0.2) is 5.69 Å². The Morgan fingerprint density at radius 2 is 1.94 bits per heavy atom. The summed E-state index contributed by atoms with van der Waals surface area (Å²) in [6.07, 6.45) is 5.51. The molecule has 0 atom stereocenters. The number of nitriles is 1. The third-order valence-electron chi connectivity index (χ3n) is 5.59. The van der Waals surface area contributed by atoms with Gasteiger partial charge in [-0.05, 0) is 71.4 Å². The minimum absolute atomic E-state index is 0.220. The molecule has 1 amide bonds. The molecule has 1 fully saturated rings. The van der Waals surface area contributed by atoms with E-state index in [2.05, 4.69) is 42.6 Å². The van der Waals surface area contributed by atoms with E-state index >= 15 is 0 Å². The molecule has 0 unspecified atom stereocenters. The molecule has 1 aliphatic carbocycles. The monoisotopic (exact) mass is 478 g/mol. The summed E-state index contributed by atoms with van der Waals surface area (Å²) in [6, 6.07) is 13.5. The van der Waals surface area contributed by atoms with Crippen molar-refractivity contribution >= 4 is 38.4 Å². The zero-order valence-electron chi connectivity index (χ0n) is 16.9. The number of nitrogens with two attached hydrogens (primary N) is 1. The van der Waals surface area contributed by atoms with Gasteiger partial charge in [0.05, 0.1) is 22.8 Å². The average molecular weight is 479 g/mol. The number of anilines is 1. The van der Waals surface area contributed by atoms with Crippen LogP contribution < -0.4 is 16.4 Å². The fourth-order valence-corrected chi connectivity index (χ4v) is 4.33. The number of carbonyl (C=O) groups is 1. The minimum atomic E-state index is -0.285. The smallest absolute Gasteiger partial charge is 0.272 e. The van der Waals surface area contributed by atoms with Crippen molar-refractivity contribution in [1.29, 1.82) is 5.26 Å². The quantitative estimate of drug-likeness (QED) is 0.479. The van der Waals surface area contributed by atoms with E-state index in [0.717, 1.165) is 36.6 Å². The first kappa shape index (κ1) is 21.2. The van der Waals surface area contributed by atoms with Crippen LogP contribution in [0.3, 0.4) is 0 Å². The summed E-state index contributed by atoms with van der Waals surface area (Å²) >= 11 is 3.49. The molecule has 158 valence electrons. The van der Waals surface area contributed by atoms with Crippen molar-refractivity contribution < 1.29 is 4.79 Å². The number of halogens is 1. The predicted octanol–water partition coefficient (Wildman–Crippen LogP) is 3.88. The van der Waals surface area contributed by atoms with Crippen LogP contribution in [0.4, 0.5) is 5.69 Å². The average Bonchev–Trinajstić information content (AvgIpc) is 2.81. The molecule has 0 radical (unpaired) electrons. The second-order valence-corrected chi connectivity index (χ2v) is 8.52. The third kappa shape index (κ3) is 4.84. The van der Waals surface area contributed by atoms with Crippen LogP contribution in [0.25, 0.3) is 10.9 Å². The maximum absolute atomic E-state index is 13.1. The molecule has 31 heavy (non-hydrogen) atoms. The first-order valence-electron chi connectivity index (χ1n) is 10.3. The summed E-state index contributed by atoms with van der Waals surface area (Å²) in [6.45, 7) is 0.335. The standard InChI is InChI=1S/C23H23BrN6O/c24-22-18-2-1-11-27-19(18)20(29-17-9-7-16(26)8-10-17)21(30-22)23(31)28-13-15-5-3-14(12-25)4-6-15/h1-6,11,16-17,29H,7-10,13,26H2,(H,28,31). The number of fused-ring (bicyclic) bond motifs is 1. The molecule has 2 heterocycles. The number of carbonyl (C=O) groups excluding carboxylic acids is 1. The molecular weight excluding hydrogens is 456 g/mol. The molecule has 7 nitrogen and oxygen atoms in total. The van der Waals surface area contributed by atoms with E-state index in [1.807, 2.05) is 24.3 Å². The molecule has 1 aromatic carbocycles. The van der Waals surface area contributed by atoms with Gasteiger partial charge in [0.25, 0.3) is 5.91 Å². The Hall–Kier alpha value is -3.02. The lowest BCUT2D eigenvalue weighted by Crippen LogP contribution is -2.34. The van der Waals surface area contributed by atoms with Gasteiger partial charge in [0, 0.05) is 30.2 Å². The van der Waals surface area contributed by atoms with E-state index < -0.39 is 0 Å². The van der Waals surface area contributed by atoms with Gasteiger partial charge in [-0.15, -0.1) is 0 Å². The lowest BCUT2D eigenvalue weighted by Gasteiger charge is -2.28. The highest BCUT2D eigenvalue weighted by molar-refractivity contribution is 9.10. The Bertz CT molecular complexity index is 1130. The van der Waals surface area contributed by atoms with Crippen LogP contribution >= 0.6 is 15.9 Å². The Morgan fingerprint density at radius 1 is 1.19 bits per heavy atom. The second kappa shape index (κ2) is 9.41. The highest BCUT2D eigenvalue weighted by atomic mass is 79.9. The highest BCUT2D eigenvalue weighted by Gasteiger charge is 2.24. The molecule has 3 aromatic rings. The molecule has 2 aromatic heterocycles. The number of pyridine rings is 2. The zero-order valence-corrected chi connectivity index (χ0v) is 18.5. The van der Waals surface area contributed by atoms with Gasteiger partial charge in [-0.25, -0.2) is 4.98 Å². The maximum atomic E-state index is 13.1. The molecule has 1 saturated carbocycles. The van der Waals surface area contributed by atoms with E-state index in [-0.39, 0.29) is 18.0 Å². The number of hydrogen-bond donors (Lipinski definition) is 3. The van der Waals surface area contributed by atoms with E-state index in [4.69, 9.17) is 11.0 Å². The van der Waals surface area contributed by atoms with Crippen molar-refractivity contribution in [3.05, 3.63) is 64.0 Å². The van der Waals surface area contributed by atoms with E-state index in [1.165, 1.54) is 0 Å². The summed E-state index contributed by atoms with van der Waals surface area (Å²) in [7, 11) is 0. The van der Waals surface area contributed by atoms with Crippen molar-refractivity contribution in [3.63, 3.8) is 0 Å². The number of nitrogens with zero attached hydrogens (tertiary/aromatic N) is 3. The molecule has 1 aliphatic rings. The number of amides is 1. The normalized spacial score (nSPS) is 18.4. The number of benzene rings is 1. The molecule has 0 aliphatic heterocycles. The van der Waals surface area contributed by atoms with Crippen molar-refractivity contribution in [2.45, 2.75) is 44.3 Å². The fraction of sp³-hybridized carbons (Fsp3) is 0.304. The molecule has 0 bridgehead atoms. The number of hydrogen-bond acceptors (Lipinski definition) is 6. The first-order chi connectivity index (χ1) is 15.0. The van der Waals surface area contributed by atoms with Gasteiger partial charge in [0.2, 0.25) is 0 Å². The van der Waals surface area contributed by atoms with Crippen LogP contribution in [0.15, 0.2) is 47.2 Å². The van der Waals surface area contributed by atoms with Gasteiger partial charge in [0.1, 0.15) is 4.60 Å². The van der Waals surface area contributed by atoms with Gasteiger partial charge >= 0.3 is 0 Å². The second-order valence-electron chi connectivity index (χ2n) is 7.77. The topological polar surface area (TPSA) is 117 Å². The van der Waals surface area contributed by atoms with Gasteiger partial charge in [-0.3, -0.25) is 9.78 Å². The minimum Gasteiger partial charge on any atom is -0.379 e. The van der Waals surface area contributed by atoms with E-state index in [0.29, 0.717) is 33.6 Å². The summed E-state index contributed by atoms with van der Waals surface area (Å²) in [5, 5.41) is 16.3. The fourth-order valence-electron chi connectivity index (χ4n) is 3.83. The first-order valence-corrected chi connectivity index (χ1v) is 11.1. The van der Waals surface area contributed by atoms with Gasteiger partial charge < -0.3 is 16.4 Å². The van der Waals surface area contributed by atoms with Crippen molar-refractivity contribution in [1.82, 2.24) is 15.3 Å². The summed E-state index contributed by atoms with van der Waals surface area (Å²) < 4.78 is 0.579. The van der Waals surface area contributed by atoms with E-state index in [9.17, 15) is 4.79 Å². The molecule has 0 saturated heterocycles. The Kier molecular flexibility index (Phi) is 6.44.